The SMILES string of the molecule is CNCN(C)C1CCN(S(C)(=O)=O)CC1. The molecule has 0 saturated carbocycles. The average Bonchev–Trinajstić information content (AvgIpc) is 2.17. The van der Waals surface area contributed by atoms with Crippen molar-refractivity contribution in [1.82, 2.24) is 14.5 Å². The van der Waals surface area contributed by atoms with Gasteiger partial charge in [-0.1, -0.05) is 0 Å². The molecule has 0 atom stereocenters. The minimum atomic E-state index is -2.99. The highest BCUT2D eigenvalue weighted by Crippen LogP contribution is 2.16. The zero-order chi connectivity index (χ0) is 11.5. The van der Waals surface area contributed by atoms with Gasteiger partial charge in [-0.3, -0.25) is 4.90 Å². The number of piperidine rings is 1. The van der Waals surface area contributed by atoms with Crippen LogP contribution in [0.1, 0.15) is 12.8 Å². The molecule has 0 amide bonds. The summed E-state index contributed by atoms with van der Waals surface area (Å²) in [5.74, 6) is 0. The Hall–Kier alpha value is -0.170. The second-order valence-electron chi connectivity index (χ2n) is 4.16. The standard InChI is InChI=1S/C9H21N3O2S/c1-10-8-11(2)9-4-6-12(7-5-9)15(3,13)14/h9-10H,4-8H2,1-3H3. The normalized spacial score (nSPS) is 21.1. The zero-order valence-corrected chi connectivity index (χ0v) is 10.5. The summed E-state index contributed by atoms with van der Waals surface area (Å²) < 4.78 is 24.1. The van der Waals surface area contributed by atoms with Crippen LogP contribution in [0.2, 0.25) is 0 Å². The van der Waals surface area contributed by atoms with E-state index in [9.17, 15) is 8.42 Å². The van der Waals surface area contributed by atoms with Crippen molar-refractivity contribution in [2.75, 3.05) is 40.1 Å². The highest BCUT2D eigenvalue weighted by atomic mass is 32.2. The molecule has 0 aromatic carbocycles. The van der Waals surface area contributed by atoms with Gasteiger partial charge < -0.3 is 5.32 Å². The van der Waals surface area contributed by atoms with Gasteiger partial charge in [-0.25, -0.2) is 12.7 Å². The minimum Gasteiger partial charge on any atom is -0.307 e. The maximum Gasteiger partial charge on any atom is 0.211 e. The van der Waals surface area contributed by atoms with E-state index >= 15 is 0 Å². The number of sulfonamides is 1. The fraction of sp³-hybridized carbons (Fsp3) is 1.00. The lowest BCUT2D eigenvalue weighted by Crippen LogP contribution is -2.47. The van der Waals surface area contributed by atoms with Crippen molar-refractivity contribution in [3.05, 3.63) is 0 Å². The number of nitrogens with zero attached hydrogens (tertiary/aromatic N) is 2. The Morgan fingerprint density at radius 2 is 1.93 bits per heavy atom. The number of nitrogens with one attached hydrogen (secondary N) is 1. The third-order valence-electron chi connectivity index (χ3n) is 2.92. The van der Waals surface area contributed by atoms with E-state index in [0.29, 0.717) is 19.1 Å². The molecule has 1 aliphatic rings. The van der Waals surface area contributed by atoms with Gasteiger partial charge in [0.1, 0.15) is 0 Å². The monoisotopic (exact) mass is 235 g/mol. The second-order valence-corrected chi connectivity index (χ2v) is 6.14. The molecule has 0 bridgehead atoms. The summed E-state index contributed by atoms with van der Waals surface area (Å²) in [6.45, 7) is 2.15. The summed E-state index contributed by atoms with van der Waals surface area (Å²) >= 11 is 0. The van der Waals surface area contributed by atoms with Crippen LogP contribution in [0.3, 0.4) is 0 Å². The maximum absolute atomic E-state index is 11.3. The Morgan fingerprint density at radius 3 is 2.33 bits per heavy atom. The third-order valence-corrected chi connectivity index (χ3v) is 4.23. The molecule has 15 heavy (non-hydrogen) atoms. The molecule has 6 heteroatoms. The van der Waals surface area contributed by atoms with Crippen molar-refractivity contribution in [3.63, 3.8) is 0 Å². The largest absolute Gasteiger partial charge is 0.307 e. The number of hydrogen-bond acceptors (Lipinski definition) is 4. The van der Waals surface area contributed by atoms with Crippen LogP contribution in [0.5, 0.6) is 0 Å². The van der Waals surface area contributed by atoms with Crippen LogP contribution in [-0.2, 0) is 10.0 Å². The van der Waals surface area contributed by atoms with E-state index in [0.717, 1.165) is 19.5 Å². The van der Waals surface area contributed by atoms with Crippen LogP contribution in [-0.4, -0.2) is 63.8 Å². The molecule has 1 rings (SSSR count). The second kappa shape index (κ2) is 5.25. The Bertz CT molecular complexity index is 284. The van der Waals surface area contributed by atoms with E-state index in [-0.39, 0.29) is 0 Å². The van der Waals surface area contributed by atoms with Crippen molar-refractivity contribution in [2.45, 2.75) is 18.9 Å². The predicted octanol–water partition coefficient (Wildman–Crippen LogP) is -0.481. The van der Waals surface area contributed by atoms with Gasteiger partial charge in [0.05, 0.1) is 6.26 Å². The molecule has 0 unspecified atom stereocenters. The summed E-state index contributed by atoms with van der Waals surface area (Å²) in [6.07, 6.45) is 3.13. The van der Waals surface area contributed by atoms with E-state index in [4.69, 9.17) is 0 Å². The van der Waals surface area contributed by atoms with Gasteiger partial charge >= 0.3 is 0 Å². The number of hydrogen-bond donors (Lipinski definition) is 1. The minimum absolute atomic E-state index is 0.496. The Labute approximate surface area is 92.5 Å². The fourth-order valence-electron chi connectivity index (χ4n) is 1.99. The smallest absolute Gasteiger partial charge is 0.211 e. The highest BCUT2D eigenvalue weighted by Gasteiger charge is 2.26. The van der Waals surface area contributed by atoms with E-state index in [1.165, 1.54) is 6.26 Å². The highest BCUT2D eigenvalue weighted by molar-refractivity contribution is 7.88. The molecular formula is C9H21N3O2S. The molecule has 90 valence electrons. The quantitative estimate of drug-likeness (QED) is 0.669. The first kappa shape index (κ1) is 12.9. The Balaban J connectivity index is 2.42. The molecular weight excluding hydrogens is 214 g/mol. The van der Waals surface area contributed by atoms with Gasteiger partial charge in [-0.05, 0) is 26.9 Å². The lowest BCUT2D eigenvalue weighted by molar-refractivity contribution is 0.162. The summed E-state index contributed by atoms with van der Waals surface area (Å²) in [4.78, 5) is 2.24. The first-order valence-electron chi connectivity index (χ1n) is 5.25. The topological polar surface area (TPSA) is 52.6 Å². The van der Waals surface area contributed by atoms with E-state index < -0.39 is 10.0 Å². The van der Waals surface area contributed by atoms with Gasteiger partial charge in [0.2, 0.25) is 10.0 Å². The molecule has 1 N–H and O–H groups in total. The summed E-state index contributed by atoms with van der Waals surface area (Å²) in [7, 11) is 0.997. The summed E-state index contributed by atoms with van der Waals surface area (Å²) in [6, 6.07) is 0.496. The van der Waals surface area contributed by atoms with Crippen molar-refractivity contribution < 1.29 is 8.42 Å². The number of rotatable bonds is 4. The first-order valence-corrected chi connectivity index (χ1v) is 7.10. The average molecular weight is 235 g/mol. The Morgan fingerprint density at radius 1 is 1.40 bits per heavy atom. The molecule has 0 aromatic rings. The van der Waals surface area contributed by atoms with Crippen molar-refractivity contribution in [2.24, 2.45) is 0 Å². The van der Waals surface area contributed by atoms with Gasteiger partial charge in [-0.15, -0.1) is 0 Å². The van der Waals surface area contributed by atoms with Crippen LogP contribution in [0, 0.1) is 0 Å². The van der Waals surface area contributed by atoms with Gasteiger partial charge in [0.15, 0.2) is 0 Å². The molecule has 5 nitrogen and oxygen atoms in total. The Kier molecular flexibility index (Phi) is 4.51. The van der Waals surface area contributed by atoms with E-state index in [1.807, 2.05) is 7.05 Å². The first-order chi connectivity index (χ1) is 6.95. The van der Waals surface area contributed by atoms with Crippen molar-refractivity contribution >= 4 is 10.0 Å². The molecule has 1 fully saturated rings. The molecule has 0 aliphatic carbocycles. The molecule has 0 radical (unpaired) electrons. The third kappa shape index (κ3) is 3.71. The van der Waals surface area contributed by atoms with Crippen LogP contribution in [0.15, 0.2) is 0 Å². The van der Waals surface area contributed by atoms with Gasteiger partial charge in [0.25, 0.3) is 0 Å². The lowest BCUT2D eigenvalue weighted by atomic mass is 10.1. The molecule has 1 aliphatic heterocycles. The molecule has 1 saturated heterocycles. The lowest BCUT2D eigenvalue weighted by Gasteiger charge is -2.35. The fourth-order valence-corrected chi connectivity index (χ4v) is 2.87. The summed E-state index contributed by atoms with van der Waals surface area (Å²) in [5.41, 5.74) is 0. The predicted molar refractivity (Wildman–Crippen MR) is 61.1 cm³/mol. The molecule has 0 aromatic heterocycles. The van der Waals surface area contributed by atoms with Gasteiger partial charge in [0, 0.05) is 25.8 Å². The van der Waals surface area contributed by atoms with E-state index in [2.05, 4.69) is 17.3 Å². The van der Waals surface area contributed by atoms with E-state index in [1.54, 1.807) is 4.31 Å². The van der Waals surface area contributed by atoms with Crippen molar-refractivity contribution in [3.8, 4) is 0 Å². The van der Waals surface area contributed by atoms with Crippen LogP contribution < -0.4 is 5.32 Å². The van der Waals surface area contributed by atoms with Gasteiger partial charge in [-0.2, -0.15) is 0 Å². The molecule has 1 heterocycles. The maximum atomic E-state index is 11.3. The van der Waals surface area contributed by atoms with Crippen molar-refractivity contribution in [1.29, 1.82) is 0 Å². The van der Waals surface area contributed by atoms with Crippen LogP contribution in [0.4, 0.5) is 0 Å². The molecule has 0 spiro atoms. The zero-order valence-electron chi connectivity index (χ0n) is 9.73. The van der Waals surface area contributed by atoms with Crippen LogP contribution >= 0.6 is 0 Å². The summed E-state index contributed by atoms with van der Waals surface area (Å²) in [5, 5.41) is 3.10. The van der Waals surface area contributed by atoms with Crippen LogP contribution in [0.25, 0.3) is 0 Å².